The van der Waals surface area contributed by atoms with Gasteiger partial charge in [0.15, 0.2) is 0 Å². The number of likely N-dealkylation sites (N-methyl/N-ethyl adjacent to an activating group) is 1. The molecule has 4 heteroatoms. The molecule has 0 rings (SSSR count). The van der Waals surface area contributed by atoms with Crippen molar-refractivity contribution in [2.75, 3.05) is 40.0 Å². The predicted octanol–water partition coefficient (Wildman–Crippen LogP) is 0.469. The Balaban J connectivity index is 2.80. The minimum atomic E-state index is 0.423. The van der Waals surface area contributed by atoms with Gasteiger partial charge in [-0.15, -0.1) is 0 Å². The van der Waals surface area contributed by atoms with Crippen LogP contribution in [0.4, 0.5) is 0 Å². The molecule has 0 unspecified atom stereocenters. The number of rotatable bonds is 7. The molecule has 11 heavy (non-hydrogen) atoms. The fraction of sp³-hybridized carbons (Fsp3) is 1.00. The quantitative estimate of drug-likeness (QED) is 0.403. The summed E-state index contributed by atoms with van der Waals surface area (Å²) in [5, 5.41) is 11.2. The second-order valence-corrected chi connectivity index (χ2v) is 2.16. The highest BCUT2D eigenvalue weighted by Crippen LogP contribution is 1.80. The van der Waals surface area contributed by atoms with Crippen molar-refractivity contribution in [1.82, 2.24) is 5.06 Å². The van der Waals surface area contributed by atoms with Crippen LogP contribution >= 0.6 is 0 Å². The van der Waals surface area contributed by atoms with E-state index in [-0.39, 0.29) is 0 Å². The van der Waals surface area contributed by atoms with Crippen molar-refractivity contribution < 1.29 is 9.47 Å². The van der Waals surface area contributed by atoms with Gasteiger partial charge in [0.1, 0.15) is 0 Å². The van der Waals surface area contributed by atoms with Crippen LogP contribution in [0.2, 0.25) is 0 Å². The molecule has 0 aliphatic carbocycles. The van der Waals surface area contributed by atoms with Crippen LogP contribution in [0.1, 0.15) is 6.92 Å². The third-order valence-corrected chi connectivity index (χ3v) is 1.13. The first-order chi connectivity index (χ1) is 5.27. The van der Waals surface area contributed by atoms with Crippen molar-refractivity contribution in [3.8, 4) is 0 Å². The summed E-state index contributed by atoms with van der Waals surface area (Å²) in [6.07, 6.45) is 0. The topological polar surface area (TPSA) is 44.8 Å². The third kappa shape index (κ3) is 9.84. The van der Waals surface area contributed by atoms with Gasteiger partial charge in [0, 0.05) is 13.2 Å². The zero-order valence-corrected chi connectivity index (χ0v) is 7.21. The lowest BCUT2D eigenvalue weighted by Gasteiger charge is -2.21. The van der Waals surface area contributed by atoms with Gasteiger partial charge in [0.2, 0.25) is 0 Å². The van der Waals surface area contributed by atoms with Crippen LogP contribution in [0.15, 0.2) is 0 Å². The molecule has 0 aliphatic rings. The van der Waals surface area contributed by atoms with Gasteiger partial charge in [-0.1, -0.05) is 0 Å². The summed E-state index contributed by atoms with van der Waals surface area (Å²) in [5.74, 6) is 0. The van der Waals surface area contributed by atoms with Crippen LogP contribution < -0.4 is 0 Å². The summed E-state index contributed by atoms with van der Waals surface area (Å²) in [7, 11) is 1.48. The van der Waals surface area contributed by atoms with E-state index in [9.17, 15) is 5.21 Å². The number of hydroxylamine groups is 2. The van der Waals surface area contributed by atoms with E-state index in [1.807, 2.05) is 6.92 Å². The Morgan fingerprint density at radius 3 is 2.36 bits per heavy atom. The highest BCUT2D eigenvalue weighted by atomic mass is 16.5. The molecule has 0 heterocycles. The van der Waals surface area contributed by atoms with E-state index in [1.165, 1.54) is 7.05 Å². The molecule has 0 radical (unpaired) electrons. The number of nitrogens with zero attached hydrogens (tertiary/aromatic N) is 1. The molecule has 0 fully saturated rings. The molecule has 0 aromatic rings. The molecule has 0 spiro atoms. The average molecular weight is 162 g/mol. The minimum Gasteiger partial charge on any atom is -0.785 e. The highest BCUT2D eigenvalue weighted by molar-refractivity contribution is 4.46. The van der Waals surface area contributed by atoms with Gasteiger partial charge in [-0.2, -0.15) is 0 Å². The summed E-state index contributed by atoms with van der Waals surface area (Å²) in [6.45, 7) is 4.73. The Hall–Kier alpha value is -0.160. The molecule has 0 bridgehead atoms. The molecule has 0 aromatic heterocycles. The third-order valence-electron chi connectivity index (χ3n) is 1.13. The number of hydrogen-bond acceptors (Lipinski definition) is 4. The number of ether oxygens (including phenoxy) is 2. The fourth-order valence-corrected chi connectivity index (χ4v) is 0.557. The molecule has 4 nitrogen and oxygen atoms in total. The van der Waals surface area contributed by atoms with E-state index in [4.69, 9.17) is 9.47 Å². The van der Waals surface area contributed by atoms with Gasteiger partial charge in [-0.3, -0.25) is 0 Å². The van der Waals surface area contributed by atoms with Crippen molar-refractivity contribution in [1.29, 1.82) is 0 Å². The van der Waals surface area contributed by atoms with Crippen LogP contribution in [0.25, 0.3) is 0 Å². The van der Waals surface area contributed by atoms with Crippen molar-refractivity contribution in [3.05, 3.63) is 5.21 Å². The molecule has 0 aromatic carbocycles. The maximum atomic E-state index is 10.3. The lowest BCUT2D eigenvalue weighted by atomic mass is 10.6. The van der Waals surface area contributed by atoms with Crippen molar-refractivity contribution in [2.24, 2.45) is 0 Å². The van der Waals surface area contributed by atoms with E-state index in [0.29, 0.717) is 33.0 Å². The lowest BCUT2D eigenvalue weighted by Crippen LogP contribution is -2.17. The Bertz CT molecular complexity index is 78.1. The average Bonchev–Trinajstić information content (AvgIpc) is 1.96. The second-order valence-electron chi connectivity index (χ2n) is 2.16. The second kappa shape index (κ2) is 7.94. The minimum absolute atomic E-state index is 0.423. The summed E-state index contributed by atoms with van der Waals surface area (Å²) in [5.41, 5.74) is 0. The van der Waals surface area contributed by atoms with Crippen molar-refractivity contribution in [3.63, 3.8) is 0 Å². The molecule has 0 atom stereocenters. The molecule has 0 amide bonds. The number of hydrogen-bond donors (Lipinski definition) is 0. The van der Waals surface area contributed by atoms with E-state index in [2.05, 4.69) is 0 Å². The van der Waals surface area contributed by atoms with Gasteiger partial charge in [0.05, 0.1) is 19.8 Å². The Labute approximate surface area is 67.7 Å². The predicted molar refractivity (Wildman–Crippen MR) is 43.3 cm³/mol. The monoisotopic (exact) mass is 162 g/mol. The highest BCUT2D eigenvalue weighted by Gasteiger charge is 1.87. The zero-order chi connectivity index (χ0) is 8.53. The Morgan fingerprint density at radius 1 is 1.18 bits per heavy atom. The van der Waals surface area contributed by atoms with Crippen LogP contribution in [0, 0.1) is 5.21 Å². The van der Waals surface area contributed by atoms with Crippen LogP contribution in [-0.4, -0.2) is 45.1 Å². The zero-order valence-electron chi connectivity index (χ0n) is 7.21. The maximum Gasteiger partial charge on any atom is 0.0701 e. The lowest BCUT2D eigenvalue weighted by molar-refractivity contribution is 0.0487. The van der Waals surface area contributed by atoms with Gasteiger partial charge in [0.25, 0.3) is 0 Å². The smallest absolute Gasteiger partial charge is 0.0701 e. The Morgan fingerprint density at radius 2 is 1.82 bits per heavy atom. The standard InChI is InChI=1S/C7H16NO3/c1-3-10-6-7-11-5-4-8(2)9/h3-7H2,1-2H3/q-1. The van der Waals surface area contributed by atoms with Gasteiger partial charge < -0.3 is 19.7 Å². The first-order valence-corrected chi connectivity index (χ1v) is 3.81. The largest absolute Gasteiger partial charge is 0.785 e. The normalized spacial score (nSPS) is 10.9. The molecular formula is C7H16NO3-. The van der Waals surface area contributed by atoms with Crippen molar-refractivity contribution in [2.45, 2.75) is 6.92 Å². The molecule has 0 N–H and O–H groups in total. The summed E-state index contributed by atoms with van der Waals surface area (Å²) >= 11 is 0. The fourth-order valence-electron chi connectivity index (χ4n) is 0.557. The van der Waals surface area contributed by atoms with Crippen molar-refractivity contribution >= 4 is 0 Å². The molecule has 0 aliphatic heterocycles. The van der Waals surface area contributed by atoms with Crippen LogP contribution in [0.5, 0.6) is 0 Å². The molecule has 68 valence electrons. The van der Waals surface area contributed by atoms with Gasteiger partial charge in [-0.25, -0.2) is 0 Å². The summed E-state index contributed by atoms with van der Waals surface area (Å²) < 4.78 is 10.1. The van der Waals surface area contributed by atoms with Crippen LogP contribution in [-0.2, 0) is 9.47 Å². The SMILES string of the molecule is CCOCCOCCN(C)[O-]. The van der Waals surface area contributed by atoms with E-state index in [0.717, 1.165) is 5.06 Å². The molecular weight excluding hydrogens is 146 g/mol. The first kappa shape index (κ1) is 10.8. The van der Waals surface area contributed by atoms with E-state index >= 15 is 0 Å². The summed E-state index contributed by atoms with van der Waals surface area (Å²) in [4.78, 5) is 0. The first-order valence-electron chi connectivity index (χ1n) is 3.81. The van der Waals surface area contributed by atoms with E-state index in [1.54, 1.807) is 0 Å². The van der Waals surface area contributed by atoms with Crippen LogP contribution in [0.3, 0.4) is 0 Å². The maximum absolute atomic E-state index is 10.3. The van der Waals surface area contributed by atoms with E-state index < -0.39 is 0 Å². The molecule has 0 saturated carbocycles. The van der Waals surface area contributed by atoms with Gasteiger partial charge >= 0.3 is 0 Å². The van der Waals surface area contributed by atoms with Gasteiger partial charge in [-0.05, 0) is 14.0 Å². The summed E-state index contributed by atoms with van der Waals surface area (Å²) in [6, 6.07) is 0. The Kier molecular flexibility index (Phi) is 7.83. The molecule has 0 saturated heterocycles.